The van der Waals surface area contributed by atoms with Crippen LogP contribution in [0.2, 0.25) is 0 Å². The molecule has 1 aliphatic heterocycles. The van der Waals surface area contributed by atoms with E-state index in [-0.39, 0.29) is 13.1 Å². The van der Waals surface area contributed by atoms with Gasteiger partial charge in [-0.3, -0.25) is 0 Å². The second kappa shape index (κ2) is 9.18. The molecule has 0 spiro atoms. The first-order valence-electron chi connectivity index (χ1n) is 10.6. The fourth-order valence-electron chi connectivity index (χ4n) is 4.26. The first-order chi connectivity index (χ1) is 15.7. The van der Waals surface area contributed by atoms with Crippen LogP contribution in [-0.2, 0) is 29.5 Å². The molecule has 3 aromatic rings. The van der Waals surface area contributed by atoms with Gasteiger partial charge in [-0.2, -0.15) is 17.5 Å². The van der Waals surface area contributed by atoms with E-state index >= 15 is 0 Å². The second-order valence-corrected chi connectivity index (χ2v) is 10.1. The molecular formula is C23H25F3N4O2S. The van der Waals surface area contributed by atoms with Gasteiger partial charge in [0, 0.05) is 31.0 Å². The third kappa shape index (κ3) is 4.91. The number of halogens is 3. The number of aryl methyl sites for hydroxylation is 2. The van der Waals surface area contributed by atoms with Crippen molar-refractivity contribution in [2.75, 3.05) is 11.4 Å². The zero-order valence-corrected chi connectivity index (χ0v) is 18.9. The summed E-state index contributed by atoms with van der Waals surface area (Å²) in [7, 11) is -5.50. The first kappa shape index (κ1) is 23.3. The molecule has 4 rings (SSSR count). The molecule has 33 heavy (non-hydrogen) atoms. The van der Waals surface area contributed by atoms with Gasteiger partial charge >= 0.3 is 15.5 Å². The molecule has 0 fully saturated rings. The molecule has 0 saturated heterocycles. The van der Waals surface area contributed by atoms with Crippen LogP contribution in [0.4, 0.5) is 18.9 Å². The monoisotopic (exact) mass is 478 g/mol. The number of rotatable bonds is 6. The van der Waals surface area contributed by atoms with Crippen LogP contribution in [0.25, 0.3) is 0 Å². The fraction of sp³-hybridized carbons (Fsp3) is 0.348. The fourth-order valence-corrected chi connectivity index (χ4v) is 5.22. The maximum Gasteiger partial charge on any atom is 0.511 e. The molecule has 1 aromatic heterocycles. The summed E-state index contributed by atoms with van der Waals surface area (Å²) in [5, 5.41) is 0. The first-order valence-corrected chi connectivity index (χ1v) is 12.0. The summed E-state index contributed by atoms with van der Waals surface area (Å²) in [5.41, 5.74) is -1.47. The van der Waals surface area contributed by atoms with Crippen molar-refractivity contribution in [3.8, 4) is 0 Å². The van der Waals surface area contributed by atoms with Crippen LogP contribution in [0.15, 0.2) is 61.1 Å². The van der Waals surface area contributed by atoms with Gasteiger partial charge in [0.2, 0.25) is 0 Å². The van der Waals surface area contributed by atoms with Crippen LogP contribution in [0.5, 0.6) is 0 Å². The minimum Gasteiger partial charge on any atom is -0.361 e. The molecule has 1 N–H and O–H groups in total. The van der Waals surface area contributed by atoms with Crippen LogP contribution >= 0.6 is 0 Å². The Labute approximate surface area is 191 Å². The van der Waals surface area contributed by atoms with E-state index < -0.39 is 21.6 Å². The highest BCUT2D eigenvalue weighted by Gasteiger charge is 2.51. The van der Waals surface area contributed by atoms with Crippen molar-refractivity contribution < 1.29 is 21.6 Å². The Morgan fingerprint density at radius 1 is 1.12 bits per heavy atom. The molecule has 2 aromatic carbocycles. The van der Waals surface area contributed by atoms with E-state index in [4.69, 9.17) is 0 Å². The lowest BCUT2D eigenvalue weighted by Crippen LogP contribution is -2.47. The Morgan fingerprint density at radius 2 is 1.88 bits per heavy atom. The molecule has 1 aliphatic rings. The van der Waals surface area contributed by atoms with E-state index in [0.29, 0.717) is 29.3 Å². The summed E-state index contributed by atoms with van der Waals surface area (Å²) in [4.78, 5) is 9.10. The Balaban J connectivity index is 1.77. The Hall–Kier alpha value is -2.85. The molecule has 0 aliphatic carbocycles. The number of H-pyrrole nitrogens is 1. The quantitative estimate of drug-likeness (QED) is 0.571. The topological polar surface area (TPSA) is 69.3 Å². The highest BCUT2D eigenvalue weighted by atomic mass is 32.2. The second-order valence-electron chi connectivity index (χ2n) is 8.20. The number of benzene rings is 2. The highest BCUT2D eigenvalue weighted by Crippen LogP contribution is 2.37. The molecule has 0 unspecified atom stereocenters. The number of alkyl halides is 3. The van der Waals surface area contributed by atoms with Crippen molar-refractivity contribution in [2.45, 2.75) is 44.4 Å². The number of imidazole rings is 1. The minimum absolute atomic E-state index is 0.267. The van der Waals surface area contributed by atoms with Gasteiger partial charge in [-0.15, -0.1) is 0 Å². The Bertz CT molecular complexity index is 1180. The van der Waals surface area contributed by atoms with E-state index in [0.717, 1.165) is 22.5 Å². The number of fused-ring (bicyclic) bond motifs is 1. The molecule has 0 radical (unpaired) electrons. The minimum atomic E-state index is -5.50. The third-order valence-corrected chi connectivity index (χ3v) is 7.56. The van der Waals surface area contributed by atoms with Crippen LogP contribution in [0, 0.1) is 6.92 Å². The van der Waals surface area contributed by atoms with Crippen LogP contribution in [0.1, 0.15) is 28.8 Å². The van der Waals surface area contributed by atoms with E-state index in [1.54, 1.807) is 25.5 Å². The molecule has 0 saturated carbocycles. The third-order valence-electron chi connectivity index (χ3n) is 6.02. The summed E-state index contributed by atoms with van der Waals surface area (Å²) < 4.78 is 66.2. The van der Waals surface area contributed by atoms with E-state index in [2.05, 4.69) is 9.97 Å². The van der Waals surface area contributed by atoms with Crippen molar-refractivity contribution in [3.05, 3.63) is 83.4 Å². The smallest absolute Gasteiger partial charge is 0.361 e. The van der Waals surface area contributed by atoms with Gasteiger partial charge < -0.3 is 9.88 Å². The zero-order valence-electron chi connectivity index (χ0n) is 18.1. The number of nitrogens with one attached hydrogen (secondary N) is 1. The van der Waals surface area contributed by atoms with Gasteiger partial charge in [-0.25, -0.2) is 13.4 Å². The number of anilines is 1. The van der Waals surface area contributed by atoms with Crippen molar-refractivity contribution in [3.63, 3.8) is 0 Å². The van der Waals surface area contributed by atoms with Gasteiger partial charge in [-0.1, -0.05) is 42.5 Å². The standard InChI is InChI=1S/C23H25F3N4O2S/c1-17-6-5-9-22-21(17)15-29(33(31,32)23(24,25)26)14-20(11-10-18-7-3-2-4-8-18)30(22)13-19-12-27-16-28-19/h2-9,12,16,20H,10-11,13-15H2,1H3,(H,27,28)/t20-/m1/s1. The highest BCUT2D eigenvalue weighted by molar-refractivity contribution is 7.89. The number of hydrogen-bond donors (Lipinski definition) is 1. The Morgan fingerprint density at radius 3 is 2.55 bits per heavy atom. The zero-order chi connectivity index (χ0) is 23.6. The van der Waals surface area contributed by atoms with Crippen molar-refractivity contribution >= 4 is 15.7 Å². The van der Waals surface area contributed by atoms with Gasteiger partial charge in [0.1, 0.15) is 0 Å². The van der Waals surface area contributed by atoms with Gasteiger partial charge in [0.15, 0.2) is 0 Å². The summed E-state index contributed by atoms with van der Waals surface area (Å²) in [6.07, 6.45) is 4.30. The van der Waals surface area contributed by atoms with Crippen molar-refractivity contribution in [2.24, 2.45) is 0 Å². The van der Waals surface area contributed by atoms with E-state index in [1.807, 2.05) is 47.4 Å². The number of nitrogens with zero attached hydrogens (tertiary/aromatic N) is 3. The maximum atomic E-state index is 13.6. The average Bonchev–Trinajstić information content (AvgIpc) is 3.22. The number of hydrogen-bond acceptors (Lipinski definition) is 4. The van der Waals surface area contributed by atoms with Gasteiger partial charge in [0.05, 0.1) is 18.6 Å². The lowest BCUT2D eigenvalue weighted by atomic mass is 10.0. The molecule has 1 atom stereocenters. The van der Waals surface area contributed by atoms with Gasteiger partial charge in [0.25, 0.3) is 0 Å². The number of sulfonamides is 1. The lowest BCUT2D eigenvalue weighted by Gasteiger charge is -2.34. The maximum absolute atomic E-state index is 13.6. The van der Waals surface area contributed by atoms with Crippen molar-refractivity contribution in [1.29, 1.82) is 0 Å². The number of aromatic nitrogens is 2. The largest absolute Gasteiger partial charge is 0.511 e. The van der Waals surface area contributed by atoms with Crippen LogP contribution < -0.4 is 4.90 Å². The van der Waals surface area contributed by atoms with Crippen LogP contribution in [0.3, 0.4) is 0 Å². The molecule has 0 amide bonds. The lowest BCUT2D eigenvalue weighted by molar-refractivity contribution is -0.0492. The summed E-state index contributed by atoms with van der Waals surface area (Å²) in [6.45, 7) is 1.56. The summed E-state index contributed by atoms with van der Waals surface area (Å²) in [5.74, 6) is 0. The van der Waals surface area contributed by atoms with Gasteiger partial charge in [-0.05, 0) is 42.5 Å². The number of aromatic amines is 1. The predicted molar refractivity (Wildman–Crippen MR) is 120 cm³/mol. The SMILES string of the molecule is Cc1cccc2c1CN(S(=O)(=O)C(F)(F)F)C[C@@H](CCc1ccccc1)N2Cc1cnc[nH]1. The molecule has 6 nitrogen and oxygen atoms in total. The summed E-state index contributed by atoms with van der Waals surface area (Å²) in [6, 6.07) is 14.6. The summed E-state index contributed by atoms with van der Waals surface area (Å²) >= 11 is 0. The average molecular weight is 479 g/mol. The van der Waals surface area contributed by atoms with E-state index in [1.165, 1.54) is 0 Å². The molecule has 0 bridgehead atoms. The Kier molecular flexibility index (Phi) is 6.49. The molecule has 10 heteroatoms. The van der Waals surface area contributed by atoms with Crippen molar-refractivity contribution in [1.82, 2.24) is 14.3 Å². The predicted octanol–water partition coefficient (Wildman–Crippen LogP) is 4.39. The normalized spacial score (nSPS) is 17.6. The molecule has 176 valence electrons. The molecule has 2 heterocycles. The molecular weight excluding hydrogens is 453 g/mol. The van der Waals surface area contributed by atoms with E-state index in [9.17, 15) is 21.6 Å². The van der Waals surface area contributed by atoms with Crippen LogP contribution in [-0.4, -0.2) is 40.8 Å².